The zero-order valence-corrected chi connectivity index (χ0v) is 15.3. The van der Waals surface area contributed by atoms with Gasteiger partial charge in [-0.05, 0) is 37.1 Å². The van der Waals surface area contributed by atoms with Crippen molar-refractivity contribution in [2.24, 2.45) is 0 Å². The van der Waals surface area contributed by atoms with Crippen molar-refractivity contribution in [1.29, 1.82) is 0 Å². The number of hydrogen-bond donors (Lipinski definition) is 1. The first-order chi connectivity index (χ1) is 12.0. The van der Waals surface area contributed by atoms with E-state index in [0.717, 1.165) is 12.8 Å². The first-order valence-corrected chi connectivity index (χ1v) is 9.69. The van der Waals surface area contributed by atoms with Crippen molar-refractivity contribution >= 4 is 7.82 Å². The van der Waals surface area contributed by atoms with Gasteiger partial charge in [0.1, 0.15) is 23.0 Å². The summed E-state index contributed by atoms with van der Waals surface area (Å²) in [5.74, 6) is 1.51. The monoisotopic (exact) mass is 366 g/mol. The van der Waals surface area contributed by atoms with Crippen LogP contribution in [0.1, 0.15) is 26.7 Å². The van der Waals surface area contributed by atoms with E-state index >= 15 is 0 Å². The molecule has 136 valence electrons. The summed E-state index contributed by atoms with van der Waals surface area (Å²) in [6.07, 6.45) is 1.73. The number of phosphoric ester groups is 1. The Hall–Kier alpha value is -2.17. The predicted molar refractivity (Wildman–Crippen MR) is 95.5 cm³/mol. The van der Waals surface area contributed by atoms with Crippen molar-refractivity contribution in [2.75, 3.05) is 13.2 Å². The molecule has 2 aromatic carbocycles. The van der Waals surface area contributed by atoms with Crippen LogP contribution in [-0.4, -0.2) is 18.1 Å². The van der Waals surface area contributed by atoms with Gasteiger partial charge in [0.2, 0.25) is 0 Å². The first kappa shape index (κ1) is 19.2. The second-order valence-electron chi connectivity index (χ2n) is 5.30. The molecule has 25 heavy (non-hydrogen) atoms. The van der Waals surface area contributed by atoms with E-state index in [-0.39, 0.29) is 11.5 Å². The molecular weight excluding hydrogens is 343 g/mol. The van der Waals surface area contributed by atoms with Gasteiger partial charge in [-0.25, -0.2) is 4.57 Å². The lowest BCUT2D eigenvalue weighted by molar-refractivity contribution is 0.286. The Balaban J connectivity index is 2.03. The molecule has 0 atom stereocenters. The molecule has 0 amide bonds. The molecule has 0 heterocycles. The Kier molecular flexibility index (Phi) is 7.16. The van der Waals surface area contributed by atoms with Crippen molar-refractivity contribution in [1.82, 2.24) is 0 Å². The molecule has 2 aromatic rings. The van der Waals surface area contributed by atoms with Gasteiger partial charge in [0.25, 0.3) is 0 Å². The third-order valence-corrected chi connectivity index (χ3v) is 3.88. The standard InChI is InChI=1S/C18H23O6P/c1-3-11-21-15-7-5-9-17(13-15)23-25(19,20)24-18-10-6-8-16(14-18)22-12-4-2/h5-10,13-14H,3-4,11-12H2,1-2H3,(H,19,20). The number of phosphoric acid groups is 1. The molecule has 0 saturated heterocycles. The van der Waals surface area contributed by atoms with Crippen molar-refractivity contribution in [3.63, 3.8) is 0 Å². The fraction of sp³-hybridized carbons (Fsp3) is 0.333. The van der Waals surface area contributed by atoms with Gasteiger partial charge >= 0.3 is 7.82 Å². The third kappa shape index (κ3) is 6.69. The summed E-state index contributed by atoms with van der Waals surface area (Å²) in [4.78, 5) is 9.98. The van der Waals surface area contributed by atoms with Gasteiger partial charge in [0, 0.05) is 12.1 Å². The number of benzene rings is 2. The smallest absolute Gasteiger partial charge is 0.493 e. The maximum Gasteiger partial charge on any atom is 0.584 e. The molecule has 2 rings (SSSR count). The highest BCUT2D eigenvalue weighted by atomic mass is 31.2. The van der Waals surface area contributed by atoms with Crippen LogP contribution in [0, 0.1) is 0 Å². The van der Waals surface area contributed by atoms with E-state index in [1.54, 1.807) is 48.5 Å². The normalized spacial score (nSPS) is 11.0. The molecule has 0 aliphatic carbocycles. The second kappa shape index (κ2) is 9.35. The van der Waals surface area contributed by atoms with E-state index in [2.05, 4.69) is 0 Å². The lowest BCUT2D eigenvalue weighted by Crippen LogP contribution is -2.01. The Morgan fingerprint density at radius 2 is 1.20 bits per heavy atom. The van der Waals surface area contributed by atoms with E-state index < -0.39 is 7.82 Å². The van der Waals surface area contributed by atoms with Gasteiger partial charge < -0.3 is 18.5 Å². The summed E-state index contributed by atoms with van der Waals surface area (Å²) >= 11 is 0. The molecule has 0 aliphatic rings. The average Bonchev–Trinajstić information content (AvgIpc) is 2.58. The highest BCUT2D eigenvalue weighted by molar-refractivity contribution is 7.48. The van der Waals surface area contributed by atoms with Crippen molar-refractivity contribution < 1.29 is 28.0 Å². The Morgan fingerprint density at radius 3 is 1.60 bits per heavy atom. The fourth-order valence-electron chi connectivity index (χ4n) is 1.97. The topological polar surface area (TPSA) is 74.2 Å². The number of hydrogen-bond acceptors (Lipinski definition) is 5. The maximum atomic E-state index is 12.2. The largest absolute Gasteiger partial charge is 0.584 e. The van der Waals surface area contributed by atoms with Crippen LogP contribution >= 0.6 is 7.82 Å². The zero-order valence-electron chi connectivity index (χ0n) is 14.4. The first-order valence-electron chi connectivity index (χ1n) is 8.20. The Labute approximate surface area is 147 Å². The highest BCUT2D eigenvalue weighted by Gasteiger charge is 2.25. The lowest BCUT2D eigenvalue weighted by Gasteiger charge is -2.15. The summed E-state index contributed by atoms with van der Waals surface area (Å²) in [6, 6.07) is 13.1. The van der Waals surface area contributed by atoms with Gasteiger partial charge in [-0.2, -0.15) is 0 Å². The molecule has 7 heteroatoms. The minimum atomic E-state index is -4.34. The van der Waals surface area contributed by atoms with E-state index in [4.69, 9.17) is 18.5 Å². The predicted octanol–water partition coefficient (Wildman–Crippen LogP) is 4.82. The summed E-state index contributed by atoms with van der Waals surface area (Å²) in [6.45, 7) is 5.10. The van der Waals surface area contributed by atoms with Crippen LogP contribution < -0.4 is 18.5 Å². The molecule has 0 unspecified atom stereocenters. The minimum Gasteiger partial charge on any atom is -0.493 e. The molecule has 0 bridgehead atoms. The van der Waals surface area contributed by atoms with Gasteiger partial charge in [0.15, 0.2) is 0 Å². The Morgan fingerprint density at radius 1 is 0.800 bits per heavy atom. The van der Waals surface area contributed by atoms with E-state index in [9.17, 15) is 9.46 Å². The SMILES string of the molecule is CCCOc1cccc(OP(=O)(O)Oc2cccc(OCCC)c2)c1. The molecule has 0 saturated carbocycles. The molecule has 0 spiro atoms. The summed E-state index contributed by atoms with van der Waals surface area (Å²) in [5.41, 5.74) is 0. The van der Waals surface area contributed by atoms with Gasteiger partial charge in [-0.15, -0.1) is 0 Å². The molecule has 0 fully saturated rings. The van der Waals surface area contributed by atoms with Gasteiger partial charge in [0.05, 0.1) is 13.2 Å². The third-order valence-electron chi connectivity index (χ3n) is 3.00. The zero-order chi connectivity index (χ0) is 18.1. The van der Waals surface area contributed by atoms with Gasteiger partial charge in [-0.3, -0.25) is 4.89 Å². The molecule has 0 radical (unpaired) electrons. The van der Waals surface area contributed by atoms with Crippen LogP contribution in [0.3, 0.4) is 0 Å². The quantitative estimate of drug-likeness (QED) is 0.608. The van der Waals surface area contributed by atoms with E-state index in [1.165, 1.54) is 0 Å². The van der Waals surface area contributed by atoms with Crippen molar-refractivity contribution in [3.8, 4) is 23.0 Å². The maximum absolute atomic E-state index is 12.2. The summed E-state index contributed by atoms with van der Waals surface area (Å²) < 4.78 is 33.4. The fourth-order valence-corrected chi connectivity index (χ4v) is 2.76. The van der Waals surface area contributed by atoms with Crippen LogP contribution in [-0.2, 0) is 4.57 Å². The molecule has 0 aliphatic heterocycles. The molecule has 0 aromatic heterocycles. The van der Waals surface area contributed by atoms with Crippen LogP contribution in [0.4, 0.5) is 0 Å². The highest BCUT2D eigenvalue weighted by Crippen LogP contribution is 2.45. The van der Waals surface area contributed by atoms with Crippen molar-refractivity contribution in [3.05, 3.63) is 48.5 Å². The van der Waals surface area contributed by atoms with Crippen LogP contribution in [0.5, 0.6) is 23.0 Å². The summed E-state index contributed by atoms with van der Waals surface area (Å²) in [7, 11) is -4.34. The average molecular weight is 366 g/mol. The lowest BCUT2D eigenvalue weighted by atomic mass is 10.3. The van der Waals surface area contributed by atoms with E-state index in [0.29, 0.717) is 24.7 Å². The van der Waals surface area contributed by atoms with Gasteiger partial charge in [-0.1, -0.05) is 26.0 Å². The van der Waals surface area contributed by atoms with Crippen LogP contribution in [0.2, 0.25) is 0 Å². The second-order valence-corrected chi connectivity index (χ2v) is 6.60. The van der Waals surface area contributed by atoms with Crippen molar-refractivity contribution in [2.45, 2.75) is 26.7 Å². The van der Waals surface area contributed by atoms with Crippen LogP contribution in [0.25, 0.3) is 0 Å². The van der Waals surface area contributed by atoms with Crippen LogP contribution in [0.15, 0.2) is 48.5 Å². The van der Waals surface area contributed by atoms with E-state index in [1.807, 2.05) is 13.8 Å². The minimum absolute atomic E-state index is 0.192. The molecular formula is C18H23O6P. The Bertz CT molecular complexity index is 661. The molecule has 6 nitrogen and oxygen atoms in total. The number of ether oxygens (including phenoxy) is 2. The number of rotatable bonds is 10. The molecule has 1 N–H and O–H groups in total. The summed E-state index contributed by atoms with van der Waals surface area (Å²) in [5, 5.41) is 0.